The molecule has 0 spiro atoms. The summed E-state index contributed by atoms with van der Waals surface area (Å²) in [4.78, 5) is 36.0. The minimum Gasteiger partial charge on any atom is -0.548 e. The summed E-state index contributed by atoms with van der Waals surface area (Å²) in [5, 5.41) is 24.6. The molecule has 0 saturated heterocycles. The van der Waals surface area contributed by atoms with E-state index in [4.69, 9.17) is 16.0 Å². The molecule has 0 aliphatic rings. The van der Waals surface area contributed by atoms with Crippen LogP contribution in [0.15, 0.2) is 51.7 Å². The second-order valence-corrected chi connectivity index (χ2v) is 7.38. The van der Waals surface area contributed by atoms with Crippen molar-refractivity contribution in [2.24, 2.45) is 0 Å². The number of halogens is 1. The Morgan fingerprint density at radius 2 is 1.90 bits per heavy atom. The van der Waals surface area contributed by atoms with Crippen LogP contribution in [-0.4, -0.2) is 23.0 Å². The maximum absolute atomic E-state index is 12.3. The molecule has 1 atom stereocenters. The van der Waals surface area contributed by atoms with Gasteiger partial charge < -0.3 is 24.7 Å². The summed E-state index contributed by atoms with van der Waals surface area (Å²) < 4.78 is 5.23. The van der Waals surface area contributed by atoms with Gasteiger partial charge in [-0.3, -0.25) is 4.79 Å². The average Bonchev–Trinajstić information content (AvgIpc) is 2.68. The zero-order valence-electron chi connectivity index (χ0n) is 16.1. The Morgan fingerprint density at radius 3 is 2.57 bits per heavy atom. The molecule has 156 valence electrons. The number of aliphatic carboxylic acids is 1. The lowest BCUT2D eigenvalue weighted by Gasteiger charge is -2.20. The summed E-state index contributed by atoms with van der Waals surface area (Å²) in [6.07, 6.45) is 0.0307. The van der Waals surface area contributed by atoms with E-state index in [1.54, 1.807) is 37.3 Å². The molecule has 0 radical (unpaired) electrons. The fourth-order valence-corrected chi connectivity index (χ4v) is 3.35. The molecule has 30 heavy (non-hydrogen) atoms. The highest BCUT2D eigenvalue weighted by Crippen LogP contribution is 2.23. The third kappa shape index (κ3) is 4.99. The van der Waals surface area contributed by atoms with Crippen LogP contribution in [0.5, 0.6) is 5.75 Å². The molecule has 0 bridgehead atoms. The number of carbonyl (C=O) groups excluding carboxylic acids is 2. The van der Waals surface area contributed by atoms with Gasteiger partial charge in [-0.05, 0) is 55.2 Å². The van der Waals surface area contributed by atoms with E-state index in [0.29, 0.717) is 27.1 Å². The molecule has 3 aromatic rings. The topological polar surface area (TPSA) is 120 Å². The van der Waals surface area contributed by atoms with Gasteiger partial charge in [-0.25, -0.2) is 4.79 Å². The third-order valence-electron chi connectivity index (χ3n) is 4.85. The Bertz CT molecular complexity index is 1150. The number of carbonyl (C=O) groups is 2. The molecular formula is C22H19ClNO6-. The van der Waals surface area contributed by atoms with E-state index < -0.39 is 23.5 Å². The number of fused-ring (bicyclic) bond motifs is 1. The number of nitrogens with one attached hydrogen (secondary N) is 1. The first kappa shape index (κ1) is 21.4. The summed E-state index contributed by atoms with van der Waals surface area (Å²) >= 11 is 5.82. The number of rotatable bonds is 7. The fourth-order valence-electron chi connectivity index (χ4n) is 3.23. The van der Waals surface area contributed by atoms with E-state index in [9.17, 15) is 24.6 Å². The van der Waals surface area contributed by atoms with E-state index in [0.717, 1.165) is 0 Å². The lowest BCUT2D eigenvalue weighted by Crippen LogP contribution is -2.49. The molecule has 8 heteroatoms. The highest BCUT2D eigenvalue weighted by Gasteiger charge is 2.17. The van der Waals surface area contributed by atoms with Crippen LogP contribution in [0.2, 0.25) is 5.02 Å². The van der Waals surface area contributed by atoms with Crippen molar-refractivity contribution in [3.63, 3.8) is 0 Å². The number of carboxylic acids is 1. The smallest absolute Gasteiger partial charge is 0.339 e. The Labute approximate surface area is 176 Å². The molecule has 2 aromatic carbocycles. The minimum absolute atomic E-state index is 0.0220. The predicted molar refractivity (Wildman–Crippen MR) is 109 cm³/mol. The van der Waals surface area contributed by atoms with Crippen LogP contribution in [-0.2, 0) is 22.4 Å². The van der Waals surface area contributed by atoms with Gasteiger partial charge in [0.25, 0.3) is 0 Å². The van der Waals surface area contributed by atoms with Gasteiger partial charge in [-0.2, -0.15) is 0 Å². The van der Waals surface area contributed by atoms with Crippen LogP contribution >= 0.6 is 11.6 Å². The Morgan fingerprint density at radius 1 is 1.20 bits per heavy atom. The predicted octanol–water partition coefficient (Wildman–Crippen LogP) is 1.87. The largest absolute Gasteiger partial charge is 0.548 e. The maximum Gasteiger partial charge on any atom is 0.339 e. The molecule has 2 N–H and O–H groups in total. The molecule has 0 aliphatic carbocycles. The second-order valence-electron chi connectivity index (χ2n) is 6.94. The zero-order valence-corrected chi connectivity index (χ0v) is 16.9. The van der Waals surface area contributed by atoms with Crippen LogP contribution in [0.25, 0.3) is 11.0 Å². The van der Waals surface area contributed by atoms with Gasteiger partial charge in [-0.15, -0.1) is 0 Å². The van der Waals surface area contributed by atoms with E-state index in [1.807, 2.05) is 0 Å². The summed E-state index contributed by atoms with van der Waals surface area (Å²) in [7, 11) is 0. The molecule has 0 unspecified atom stereocenters. The van der Waals surface area contributed by atoms with Gasteiger partial charge in [0.15, 0.2) is 0 Å². The van der Waals surface area contributed by atoms with Gasteiger partial charge in [0, 0.05) is 28.5 Å². The van der Waals surface area contributed by atoms with Crippen molar-refractivity contribution in [3.8, 4) is 5.75 Å². The van der Waals surface area contributed by atoms with E-state index in [2.05, 4.69) is 5.32 Å². The van der Waals surface area contributed by atoms with Crippen LogP contribution in [0.1, 0.15) is 23.1 Å². The highest BCUT2D eigenvalue weighted by atomic mass is 35.5. The first-order valence-corrected chi connectivity index (χ1v) is 9.62. The van der Waals surface area contributed by atoms with Gasteiger partial charge in [0.2, 0.25) is 5.91 Å². The van der Waals surface area contributed by atoms with Crippen LogP contribution in [0.4, 0.5) is 0 Å². The van der Waals surface area contributed by atoms with Crippen molar-refractivity contribution in [2.75, 3.05) is 0 Å². The zero-order chi connectivity index (χ0) is 21.8. The Balaban J connectivity index is 1.69. The average molecular weight is 429 g/mol. The maximum atomic E-state index is 12.3. The van der Waals surface area contributed by atoms with Crippen LogP contribution in [0.3, 0.4) is 0 Å². The third-order valence-corrected chi connectivity index (χ3v) is 5.10. The van der Waals surface area contributed by atoms with Gasteiger partial charge in [-0.1, -0.05) is 23.7 Å². The van der Waals surface area contributed by atoms with Crippen molar-refractivity contribution in [2.45, 2.75) is 32.2 Å². The van der Waals surface area contributed by atoms with E-state index >= 15 is 0 Å². The molecular weight excluding hydrogens is 410 g/mol. The highest BCUT2D eigenvalue weighted by molar-refractivity contribution is 6.30. The second kappa shape index (κ2) is 9.00. The molecule has 1 aromatic heterocycles. The first-order valence-electron chi connectivity index (χ1n) is 9.24. The molecule has 3 rings (SSSR count). The molecule has 1 amide bonds. The number of benzene rings is 2. The number of phenols is 1. The first-order chi connectivity index (χ1) is 14.2. The van der Waals surface area contributed by atoms with Gasteiger partial charge in [0.1, 0.15) is 11.3 Å². The SMILES string of the molecule is Cc1c(CCC(=O)N[C@@H](Cc2ccc(Cl)cc2)C(=O)[O-])c(=O)oc2cc(O)ccc12. The van der Waals surface area contributed by atoms with Crippen molar-refractivity contribution < 1.29 is 24.2 Å². The minimum atomic E-state index is -1.40. The number of hydrogen-bond acceptors (Lipinski definition) is 6. The monoisotopic (exact) mass is 428 g/mol. The Kier molecular flexibility index (Phi) is 6.42. The number of carboxylic acid groups (broad SMARTS) is 1. The summed E-state index contributed by atoms with van der Waals surface area (Å²) in [5.41, 5.74) is 1.31. The molecule has 0 aliphatic heterocycles. The molecule has 0 fully saturated rings. The number of aryl methyl sites for hydroxylation is 1. The summed E-state index contributed by atoms with van der Waals surface area (Å²) in [5.74, 6) is -1.95. The van der Waals surface area contributed by atoms with Crippen molar-refractivity contribution in [3.05, 3.63) is 74.6 Å². The fraction of sp³-hybridized carbons (Fsp3) is 0.227. The van der Waals surface area contributed by atoms with Gasteiger partial charge in [0.05, 0.1) is 12.0 Å². The lowest BCUT2D eigenvalue weighted by molar-refractivity contribution is -0.308. The standard InChI is InChI=1S/C22H20ClNO6/c1-12-16-7-6-15(25)11-19(16)30-22(29)17(12)8-9-20(26)24-18(21(27)28)10-13-2-4-14(23)5-3-13/h2-7,11,18,25H,8-10H2,1H3,(H,24,26)(H,27,28)/p-1/t18-/m0/s1. The molecule has 7 nitrogen and oxygen atoms in total. The van der Waals surface area contributed by atoms with Crippen molar-refractivity contribution in [1.29, 1.82) is 0 Å². The number of hydrogen-bond donors (Lipinski definition) is 2. The Hall–Kier alpha value is -3.32. The summed E-state index contributed by atoms with van der Waals surface area (Å²) in [6.45, 7) is 1.73. The summed E-state index contributed by atoms with van der Waals surface area (Å²) in [6, 6.07) is 9.85. The van der Waals surface area contributed by atoms with Crippen LogP contribution < -0.4 is 16.0 Å². The number of amides is 1. The number of aromatic hydroxyl groups is 1. The quantitative estimate of drug-likeness (QED) is 0.554. The number of phenolic OH excluding ortho intramolecular Hbond substituents is 1. The van der Waals surface area contributed by atoms with Crippen molar-refractivity contribution in [1.82, 2.24) is 5.32 Å². The van der Waals surface area contributed by atoms with Crippen molar-refractivity contribution >= 4 is 34.4 Å². The van der Waals surface area contributed by atoms with Gasteiger partial charge >= 0.3 is 5.63 Å². The molecule has 1 heterocycles. The van der Waals surface area contributed by atoms with E-state index in [1.165, 1.54) is 12.1 Å². The van der Waals surface area contributed by atoms with E-state index in [-0.39, 0.29) is 30.6 Å². The molecule has 0 saturated carbocycles. The lowest BCUT2D eigenvalue weighted by atomic mass is 10.0. The normalized spacial score (nSPS) is 11.9. The van der Waals surface area contributed by atoms with Crippen LogP contribution in [0, 0.1) is 6.92 Å².